The van der Waals surface area contributed by atoms with Crippen molar-refractivity contribution in [1.29, 1.82) is 0 Å². The van der Waals surface area contributed by atoms with Gasteiger partial charge in [0, 0.05) is 17.1 Å². The third kappa shape index (κ3) is 25.9. The van der Waals surface area contributed by atoms with Gasteiger partial charge in [0.15, 0.2) is 36.6 Å². The summed E-state index contributed by atoms with van der Waals surface area (Å²) in [6, 6.07) is 0. The van der Waals surface area contributed by atoms with Crippen molar-refractivity contribution in [2.45, 2.75) is 146 Å². The number of hydrogen-bond acceptors (Lipinski definition) is 40. The van der Waals surface area contributed by atoms with E-state index < -0.39 is 231 Å². The first-order chi connectivity index (χ1) is 36.2. The fraction of sp³-hybridized carbons (Fsp3) is 0.833. The number of carbonyl (C=O) groups is 6. The molecule has 0 aromatic rings. The second kappa shape index (κ2) is 39.8. The van der Waals surface area contributed by atoms with Crippen LogP contribution < -0.4 is 0 Å². The summed E-state index contributed by atoms with van der Waals surface area (Å²) < 4.78 is 17.8. The van der Waals surface area contributed by atoms with Gasteiger partial charge in [-0.15, -0.1) is 0 Å². The van der Waals surface area contributed by atoms with Crippen molar-refractivity contribution < 1.29 is 227 Å². The first kappa shape index (κ1) is 82.8. The van der Waals surface area contributed by atoms with E-state index in [1.54, 1.807) is 0 Å². The first-order valence-electron chi connectivity index (χ1n) is 21.6. The van der Waals surface area contributed by atoms with Crippen molar-refractivity contribution in [2.75, 3.05) is 39.6 Å². The van der Waals surface area contributed by atoms with Gasteiger partial charge in [-0.05, 0) is 0 Å². The van der Waals surface area contributed by atoms with Crippen molar-refractivity contribution in [3.05, 3.63) is 0 Å². The molecule has 32 N–H and O–H groups in total. The maximum atomic E-state index is 12.9. The molecule has 0 aromatic heterocycles. The van der Waals surface area contributed by atoms with Crippen molar-refractivity contribution in [2.24, 2.45) is 0 Å². The molecule has 0 fully saturated rings. The molecule has 0 saturated carbocycles. The smallest absolute Gasteiger partial charge is 0.479 e. The summed E-state index contributed by atoms with van der Waals surface area (Å²) in [6.07, 6.45) is -60.4. The molecule has 475 valence electrons. The van der Waals surface area contributed by atoms with E-state index in [9.17, 15) is 110 Å². The third-order valence-corrected chi connectivity index (χ3v) is 11.7. The van der Waals surface area contributed by atoms with Crippen LogP contribution in [0.1, 0.15) is 0 Å². The van der Waals surface area contributed by atoms with Crippen LogP contribution in [0, 0.1) is 0 Å². The molecule has 0 aliphatic carbocycles. The first-order valence-corrected chi connectivity index (χ1v) is 23.2. The molecule has 80 heavy (non-hydrogen) atoms. The van der Waals surface area contributed by atoms with Crippen molar-refractivity contribution in [3.63, 3.8) is 0 Å². The summed E-state index contributed by atoms with van der Waals surface area (Å²) in [5, 5.41) is 298. The van der Waals surface area contributed by atoms with E-state index in [1.807, 2.05) is 0 Å². The Kier molecular flexibility index (Phi) is 41.2. The van der Waals surface area contributed by atoms with Crippen LogP contribution in [0.15, 0.2) is 0 Å². The van der Waals surface area contributed by atoms with Crippen LogP contribution >= 0.6 is 0 Å². The number of carboxylic acids is 2. The monoisotopic (exact) mass is 1260 g/mol. The maximum absolute atomic E-state index is 12.9. The standard InChI is InChI=1S/C24H44O28Si.2C6H12O7.Mn/c25-1-5(29)9(33)13(37)17(41)21(45)49-53(50-22(46)18(42)14(38)10(34)6(30)2-26,51-23(47)19(43)15(39)11(35)7(31)3-27)52-24(48)20(44)16(40)12(36)8(32)4-28;2*7-1-2(8)3(9)4(10)5(11)6(12)13;/h5-20,25-44H,1-4H2;2*2-5,7-11H,1H2,(H,12,13);/t5-,6-,7-,8-,9-,10-,11-,12-,13+,14+,15+,16+,17-,18-,19-,20-;2*2-,3-,4+,5-;/m111./s1. The zero-order chi connectivity index (χ0) is 62.9. The second-order valence-corrected chi connectivity index (χ2v) is 17.7. The molecule has 0 amide bonds. The maximum Gasteiger partial charge on any atom is 0.975 e. The predicted octanol–water partition coefficient (Wildman–Crippen LogP) is -21.7. The molecule has 0 bridgehead atoms. The second-order valence-electron chi connectivity index (χ2n) is 15.9. The van der Waals surface area contributed by atoms with Gasteiger partial charge < -0.3 is 181 Å². The van der Waals surface area contributed by atoms with Crippen LogP contribution in [-0.2, 0) is 63.5 Å². The molecule has 0 heterocycles. The fourth-order valence-electron chi connectivity index (χ4n) is 4.84. The van der Waals surface area contributed by atoms with Gasteiger partial charge in [0.05, 0.1) is 39.6 Å². The Bertz CT molecular complexity index is 1580. The number of carbonyl (C=O) groups excluding carboxylic acids is 4. The van der Waals surface area contributed by atoms with Crippen LogP contribution in [0.5, 0.6) is 0 Å². The summed E-state index contributed by atoms with van der Waals surface area (Å²) in [5.74, 6) is -13.7. The minimum Gasteiger partial charge on any atom is -0.479 e. The predicted molar refractivity (Wildman–Crippen MR) is 232 cm³/mol. The Morgan fingerprint density at radius 2 is 0.375 bits per heavy atom. The van der Waals surface area contributed by atoms with E-state index in [0.29, 0.717) is 0 Å². The normalized spacial score (nSPS) is 20.8. The largest absolute Gasteiger partial charge is 0.975 e. The molecule has 0 spiro atoms. The molecular formula is C36H68MnO42Si. The van der Waals surface area contributed by atoms with Gasteiger partial charge >= 0.3 is 44.9 Å². The number of aliphatic hydroxyl groups is 30. The molecule has 1 radical (unpaired) electrons. The molecule has 0 saturated heterocycles. The van der Waals surface area contributed by atoms with Crippen molar-refractivity contribution in [1.82, 2.24) is 0 Å². The zero-order valence-corrected chi connectivity index (χ0v) is 42.6. The SMILES string of the molecule is O=C(O)[C@H](O)[C@@H](O)[C@H](O)[C@H](O)CO.O=C(O)[C@H](O)[C@@H](O)[C@H](O)[C@H](O)CO.O=C(O[Si](OC(=O)[C@H](O)[C@@H](O)[C@H](O)[C@H](O)CO)(OC(=O)[C@H](O)[C@@H](O)[C@H](O)[C@H](O)CO)OC(=O)[C@H](O)[C@@H](O)[C@H](O)[C@H](O)CO)[C@H](O)[C@@H](O)[C@H](O)[C@H](O)CO.[Mn]. The number of aliphatic carboxylic acids is 2. The molecule has 0 aliphatic heterocycles. The topological polar surface area (TPSA) is 787 Å². The summed E-state index contributed by atoms with van der Waals surface area (Å²) >= 11 is 0. The van der Waals surface area contributed by atoms with Crippen molar-refractivity contribution >= 4 is 44.9 Å². The van der Waals surface area contributed by atoms with E-state index >= 15 is 0 Å². The molecular weight excluding hydrogens is 1190 g/mol. The van der Waals surface area contributed by atoms with Gasteiger partial charge in [-0.1, -0.05) is 0 Å². The number of carboxylic acid groups (broad SMARTS) is 2. The van der Waals surface area contributed by atoms with Crippen LogP contribution in [0.4, 0.5) is 0 Å². The van der Waals surface area contributed by atoms with E-state index in [2.05, 4.69) is 17.7 Å². The van der Waals surface area contributed by atoms with E-state index in [0.717, 1.165) is 0 Å². The van der Waals surface area contributed by atoms with Gasteiger partial charge in [-0.3, -0.25) is 19.2 Å². The molecule has 24 atom stereocenters. The van der Waals surface area contributed by atoms with Gasteiger partial charge in [-0.25, -0.2) is 9.59 Å². The fourth-order valence-corrected chi connectivity index (χ4v) is 6.56. The van der Waals surface area contributed by atoms with E-state index in [-0.39, 0.29) is 17.1 Å². The average Bonchev–Trinajstić information content (AvgIpc) is 3.43. The van der Waals surface area contributed by atoms with E-state index in [4.69, 9.17) is 81.7 Å². The number of hydrogen-bond donors (Lipinski definition) is 32. The van der Waals surface area contributed by atoms with Gasteiger partial charge in [0.25, 0.3) is 0 Å². The van der Waals surface area contributed by atoms with Gasteiger partial charge in [-0.2, -0.15) is 0 Å². The molecule has 0 rings (SSSR count). The van der Waals surface area contributed by atoms with Crippen LogP contribution in [0.25, 0.3) is 0 Å². The zero-order valence-electron chi connectivity index (χ0n) is 40.4. The third-order valence-electron chi connectivity index (χ3n) is 9.90. The Labute approximate surface area is 457 Å². The molecule has 44 heteroatoms. The minimum atomic E-state index is -7.02. The van der Waals surface area contributed by atoms with Crippen LogP contribution in [0.2, 0.25) is 0 Å². The molecule has 0 unspecified atom stereocenters. The quantitative estimate of drug-likeness (QED) is 0.0266. The van der Waals surface area contributed by atoms with Crippen LogP contribution in [-0.4, -0.2) is 394 Å². The summed E-state index contributed by atoms with van der Waals surface area (Å²) in [6.45, 7) is -7.03. The number of aliphatic hydroxyl groups excluding tert-OH is 30. The minimum absolute atomic E-state index is 0. The Morgan fingerprint density at radius 1 is 0.250 bits per heavy atom. The molecule has 0 aromatic carbocycles. The van der Waals surface area contributed by atoms with Gasteiger partial charge in [0.1, 0.15) is 110 Å². The summed E-state index contributed by atoms with van der Waals surface area (Å²) in [4.78, 5) is 71.8. The van der Waals surface area contributed by atoms with Gasteiger partial charge in [0.2, 0.25) is 0 Å². The summed E-state index contributed by atoms with van der Waals surface area (Å²) in [5.41, 5.74) is 0. The summed E-state index contributed by atoms with van der Waals surface area (Å²) in [7, 11) is -7.02. The van der Waals surface area contributed by atoms with Crippen molar-refractivity contribution in [3.8, 4) is 0 Å². The number of rotatable bonds is 34. The Morgan fingerprint density at radius 3 is 0.487 bits per heavy atom. The Hall–Kier alpha value is -3.64. The van der Waals surface area contributed by atoms with E-state index in [1.165, 1.54) is 0 Å². The molecule has 42 nitrogen and oxygen atoms in total. The van der Waals surface area contributed by atoms with Crippen LogP contribution in [0.3, 0.4) is 0 Å². The molecule has 0 aliphatic rings. The average molecular weight is 1260 g/mol. The Balaban J connectivity index is -0.000000868.